The minimum absolute atomic E-state index is 0.427. The Kier molecular flexibility index (Phi) is 4.33. The van der Waals surface area contributed by atoms with E-state index in [0.29, 0.717) is 16.8 Å². The molecule has 4 rings (SSSR count). The van der Waals surface area contributed by atoms with E-state index >= 15 is 0 Å². The van der Waals surface area contributed by atoms with E-state index in [9.17, 15) is 8.42 Å². The van der Waals surface area contributed by atoms with Gasteiger partial charge in [-0.05, 0) is 23.3 Å². The molecule has 2 aromatic heterocycles. The lowest BCUT2D eigenvalue weighted by Gasteiger charge is -2.34. The van der Waals surface area contributed by atoms with Gasteiger partial charge in [-0.2, -0.15) is 0 Å². The maximum atomic E-state index is 14.0. The van der Waals surface area contributed by atoms with Crippen molar-refractivity contribution in [3.05, 3.63) is 121 Å². The number of rotatable bonds is 5. The molecule has 0 spiro atoms. The van der Waals surface area contributed by atoms with Crippen LogP contribution in [0.4, 0.5) is 0 Å². The fourth-order valence-electron chi connectivity index (χ4n) is 3.36. The van der Waals surface area contributed by atoms with Crippen molar-refractivity contribution >= 4 is 10.0 Å². The highest BCUT2D eigenvalue weighted by Gasteiger charge is 2.51. The van der Waals surface area contributed by atoms with E-state index in [4.69, 9.17) is 0 Å². The lowest BCUT2D eigenvalue weighted by atomic mass is 9.87. The Balaban J connectivity index is 2.18. The summed E-state index contributed by atoms with van der Waals surface area (Å²) < 4.78 is 27.6. The van der Waals surface area contributed by atoms with Gasteiger partial charge in [0, 0.05) is 18.6 Å². The Morgan fingerprint density at radius 3 is 1.81 bits per heavy atom. The zero-order valence-electron chi connectivity index (χ0n) is 14.4. The van der Waals surface area contributed by atoms with E-state index in [1.807, 2.05) is 60.7 Å². The zero-order valence-corrected chi connectivity index (χ0v) is 15.2. The topological polar surface area (TPSA) is 64.8 Å². The molecule has 5 nitrogen and oxygen atoms in total. The molecule has 0 saturated carbocycles. The lowest BCUT2D eigenvalue weighted by Crippen LogP contribution is -2.42. The Morgan fingerprint density at radius 1 is 0.741 bits per heavy atom. The SMILES string of the molecule is O=S(=O)(n1ccnc1)C(c1ccccc1)(c1ccccc1)c1ccccn1. The van der Waals surface area contributed by atoms with Crippen LogP contribution in [-0.2, 0) is 14.8 Å². The Morgan fingerprint density at radius 2 is 1.33 bits per heavy atom. The Hall–Kier alpha value is -3.25. The van der Waals surface area contributed by atoms with Crippen molar-refractivity contribution in [3.8, 4) is 0 Å². The molecule has 0 radical (unpaired) electrons. The van der Waals surface area contributed by atoms with Crippen molar-refractivity contribution in [3.63, 3.8) is 0 Å². The monoisotopic (exact) mass is 375 g/mol. The highest BCUT2D eigenvalue weighted by Crippen LogP contribution is 2.43. The van der Waals surface area contributed by atoms with Crippen LogP contribution in [0.5, 0.6) is 0 Å². The van der Waals surface area contributed by atoms with Crippen molar-refractivity contribution in [2.45, 2.75) is 4.75 Å². The van der Waals surface area contributed by atoms with E-state index < -0.39 is 14.8 Å². The van der Waals surface area contributed by atoms with E-state index in [2.05, 4.69) is 9.97 Å². The molecule has 2 aromatic carbocycles. The number of aromatic nitrogens is 3. The summed E-state index contributed by atoms with van der Waals surface area (Å²) in [7, 11) is -3.99. The van der Waals surface area contributed by atoms with Crippen LogP contribution in [0.25, 0.3) is 0 Å². The molecule has 0 aliphatic rings. The Labute approximate surface area is 158 Å². The molecule has 0 amide bonds. The summed E-state index contributed by atoms with van der Waals surface area (Å²) in [5.74, 6) is 0. The van der Waals surface area contributed by atoms with Crippen molar-refractivity contribution in [1.29, 1.82) is 0 Å². The van der Waals surface area contributed by atoms with E-state index in [-0.39, 0.29) is 0 Å². The van der Waals surface area contributed by atoms with Crippen LogP contribution in [-0.4, -0.2) is 22.4 Å². The third kappa shape index (κ3) is 2.65. The van der Waals surface area contributed by atoms with Gasteiger partial charge in [0.15, 0.2) is 4.75 Å². The number of pyridine rings is 1. The van der Waals surface area contributed by atoms with Gasteiger partial charge in [0.2, 0.25) is 0 Å². The third-order valence-corrected chi connectivity index (χ3v) is 6.76. The maximum absolute atomic E-state index is 14.0. The third-order valence-electron chi connectivity index (χ3n) is 4.53. The molecule has 134 valence electrons. The Bertz CT molecular complexity index is 1020. The first-order chi connectivity index (χ1) is 13.2. The summed E-state index contributed by atoms with van der Waals surface area (Å²) in [6.07, 6.45) is 5.81. The summed E-state index contributed by atoms with van der Waals surface area (Å²) in [5, 5.41) is 0. The van der Waals surface area contributed by atoms with Crippen LogP contribution >= 0.6 is 0 Å². The van der Waals surface area contributed by atoms with Gasteiger partial charge in [-0.15, -0.1) is 0 Å². The normalized spacial score (nSPS) is 12.0. The standard InChI is InChI=1S/C21H17N3O2S/c25-27(26,24-16-15-22-17-24)21(18-9-3-1-4-10-18,19-11-5-2-6-12-19)20-13-7-8-14-23-20/h1-17H. The number of hydrogen-bond donors (Lipinski definition) is 0. The minimum Gasteiger partial charge on any atom is -0.259 e. The molecular weight excluding hydrogens is 358 g/mol. The second-order valence-electron chi connectivity index (χ2n) is 6.03. The van der Waals surface area contributed by atoms with Crippen molar-refractivity contribution in [2.24, 2.45) is 0 Å². The predicted octanol–water partition coefficient (Wildman–Crippen LogP) is 3.45. The number of nitrogens with zero attached hydrogens (tertiary/aromatic N) is 3. The van der Waals surface area contributed by atoms with Crippen LogP contribution in [0.1, 0.15) is 16.8 Å². The summed E-state index contributed by atoms with van der Waals surface area (Å²) in [4.78, 5) is 8.41. The van der Waals surface area contributed by atoms with Crippen LogP contribution in [0.3, 0.4) is 0 Å². The molecule has 0 fully saturated rings. The van der Waals surface area contributed by atoms with Gasteiger partial charge in [0.05, 0.1) is 5.69 Å². The number of benzene rings is 2. The van der Waals surface area contributed by atoms with Crippen LogP contribution in [0.15, 0.2) is 104 Å². The van der Waals surface area contributed by atoms with Gasteiger partial charge in [0.1, 0.15) is 6.33 Å². The zero-order chi connectivity index (χ0) is 18.7. The molecule has 0 saturated heterocycles. The molecule has 0 N–H and O–H groups in total. The average molecular weight is 375 g/mol. The molecule has 4 aromatic rings. The smallest absolute Gasteiger partial charge is 0.259 e. The first-order valence-corrected chi connectivity index (χ1v) is 9.87. The summed E-state index contributed by atoms with van der Waals surface area (Å²) in [6.45, 7) is 0. The quantitative estimate of drug-likeness (QED) is 0.536. The minimum atomic E-state index is -3.99. The van der Waals surface area contributed by atoms with Gasteiger partial charge in [-0.1, -0.05) is 66.7 Å². The lowest BCUT2D eigenvalue weighted by molar-refractivity contribution is 0.559. The summed E-state index contributed by atoms with van der Waals surface area (Å²) in [6, 6.07) is 23.6. The average Bonchev–Trinajstić information content (AvgIpc) is 3.27. The molecule has 27 heavy (non-hydrogen) atoms. The van der Waals surface area contributed by atoms with E-state index in [1.165, 1.54) is 18.7 Å². The van der Waals surface area contributed by atoms with Crippen molar-refractivity contribution < 1.29 is 8.42 Å². The van der Waals surface area contributed by atoms with E-state index in [1.54, 1.807) is 24.4 Å². The van der Waals surface area contributed by atoms with Crippen molar-refractivity contribution in [2.75, 3.05) is 0 Å². The molecule has 0 atom stereocenters. The van der Waals surface area contributed by atoms with E-state index in [0.717, 1.165) is 3.97 Å². The van der Waals surface area contributed by atoms with Crippen LogP contribution < -0.4 is 0 Å². The number of hydrogen-bond acceptors (Lipinski definition) is 4. The first-order valence-electron chi connectivity index (χ1n) is 8.43. The molecule has 0 unspecified atom stereocenters. The van der Waals surface area contributed by atoms with Crippen LogP contribution in [0, 0.1) is 0 Å². The van der Waals surface area contributed by atoms with Gasteiger partial charge < -0.3 is 0 Å². The van der Waals surface area contributed by atoms with Crippen molar-refractivity contribution in [1.82, 2.24) is 13.9 Å². The summed E-state index contributed by atoms with van der Waals surface area (Å²) in [5.41, 5.74) is 1.66. The first kappa shape index (κ1) is 17.2. The predicted molar refractivity (Wildman–Crippen MR) is 104 cm³/mol. The molecule has 6 heteroatoms. The molecule has 2 heterocycles. The van der Waals surface area contributed by atoms with Crippen LogP contribution in [0.2, 0.25) is 0 Å². The molecular formula is C21H17N3O2S. The second kappa shape index (κ2) is 6.81. The molecule has 0 bridgehead atoms. The highest BCUT2D eigenvalue weighted by molar-refractivity contribution is 7.91. The van der Waals surface area contributed by atoms with Gasteiger partial charge in [0.25, 0.3) is 10.0 Å². The molecule has 0 aliphatic carbocycles. The fraction of sp³-hybridized carbons (Fsp3) is 0.0476. The van der Waals surface area contributed by atoms with Gasteiger partial charge in [-0.3, -0.25) is 4.98 Å². The van der Waals surface area contributed by atoms with Gasteiger partial charge in [-0.25, -0.2) is 17.4 Å². The second-order valence-corrected chi connectivity index (χ2v) is 8.01. The molecule has 0 aliphatic heterocycles. The number of imidazole rings is 1. The fourth-order valence-corrected chi connectivity index (χ4v) is 5.32. The summed E-state index contributed by atoms with van der Waals surface area (Å²) >= 11 is 0. The maximum Gasteiger partial charge on any atom is 0.259 e. The van der Waals surface area contributed by atoms with Gasteiger partial charge >= 0.3 is 0 Å². The largest absolute Gasteiger partial charge is 0.259 e. The highest BCUT2D eigenvalue weighted by atomic mass is 32.2.